The maximum absolute atomic E-state index is 11.6. The molecule has 0 radical (unpaired) electrons. The zero-order valence-corrected chi connectivity index (χ0v) is 11.3. The lowest BCUT2D eigenvalue weighted by Crippen LogP contribution is -2.18. The summed E-state index contributed by atoms with van der Waals surface area (Å²) in [6, 6.07) is 9.71. The number of aryl methyl sites for hydroxylation is 1. The minimum atomic E-state index is -0.0698. The summed E-state index contributed by atoms with van der Waals surface area (Å²) in [7, 11) is 3.43. The summed E-state index contributed by atoms with van der Waals surface area (Å²) in [6.07, 6.45) is 3.27. The number of benzene rings is 1. The van der Waals surface area contributed by atoms with Crippen molar-refractivity contribution in [2.24, 2.45) is 0 Å². The third-order valence-electron chi connectivity index (χ3n) is 2.78. The van der Waals surface area contributed by atoms with Crippen LogP contribution in [0.1, 0.15) is 11.3 Å². The molecule has 0 N–H and O–H groups in total. The van der Waals surface area contributed by atoms with Gasteiger partial charge in [-0.25, -0.2) is 0 Å². The van der Waals surface area contributed by atoms with E-state index >= 15 is 0 Å². The molecule has 0 aliphatic rings. The van der Waals surface area contributed by atoms with Crippen LogP contribution in [0.3, 0.4) is 0 Å². The molecule has 19 heavy (non-hydrogen) atoms. The lowest BCUT2D eigenvalue weighted by atomic mass is 10.1. The Hall–Kier alpha value is -2.36. The normalized spacial score (nSPS) is 10.9. The molecular weight excluding hydrogens is 240 g/mol. The van der Waals surface area contributed by atoms with Crippen molar-refractivity contribution in [3.63, 3.8) is 0 Å². The number of carbonyl (C=O) groups excluding carboxylic acids is 1. The fourth-order valence-corrected chi connectivity index (χ4v) is 1.67. The summed E-state index contributed by atoms with van der Waals surface area (Å²) in [5.74, 6) is 0.612. The molecule has 1 amide bonds. The zero-order valence-electron chi connectivity index (χ0n) is 11.3. The van der Waals surface area contributed by atoms with E-state index in [0.29, 0.717) is 5.76 Å². The van der Waals surface area contributed by atoms with Crippen LogP contribution in [0.4, 0.5) is 0 Å². The second-order valence-corrected chi connectivity index (χ2v) is 4.44. The van der Waals surface area contributed by atoms with Crippen LogP contribution in [0.2, 0.25) is 0 Å². The number of nitrogens with zero attached hydrogens (tertiary/aromatic N) is 2. The van der Waals surface area contributed by atoms with E-state index in [1.165, 1.54) is 11.0 Å². The Kier molecular flexibility index (Phi) is 3.80. The number of carbonyl (C=O) groups is 1. The van der Waals surface area contributed by atoms with Gasteiger partial charge in [-0.15, -0.1) is 0 Å². The highest BCUT2D eigenvalue weighted by molar-refractivity contribution is 5.92. The van der Waals surface area contributed by atoms with E-state index < -0.39 is 0 Å². The number of rotatable bonds is 3. The first-order valence-electron chi connectivity index (χ1n) is 6.00. The molecule has 0 saturated heterocycles. The molecule has 0 aliphatic heterocycles. The Labute approximate surface area is 112 Å². The standard InChI is InChI=1S/C15H16N2O2/c1-11-13(9-10-14(18)17(2)3)15(19-16-11)12-7-5-4-6-8-12/h4-10H,1-3H3/b10-9+. The number of aromatic nitrogens is 1. The highest BCUT2D eigenvalue weighted by Gasteiger charge is 2.12. The summed E-state index contributed by atoms with van der Waals surface area (Å²) >= 11 is 0. The van der Waals surface area contributed by atoms with Gasteiger partial charge < -0.3 is 9.42 Å². The first kappa shape index (κ1) is 13.1. The monoisotopic (exact) mass is 256 g/mol. The smallest absolute Gasteiger partial charge is 0.246 e. The molecule has 0 unspecified atom stereocenters. The fraction of sp³-hybridized carbons (Fsp3) is 0.200. The molecule has 4 nitrogen and oxygen atoms in total. The van der Waals surface area contributed by atoms with Crippen molar-refractivity contribution in [3.8, 4) is 11.3 Å². The highest BCUT2D eigenvalue weighted by Crippen LogP contribution is 2.26. The molecule has 0 spiro atoms. The molecular formula is C15H16N2O2. The first-order valence-corrected chi connectivity index (χ1v) is 6.00. The predicted molar refractivity (Wildman–Crippen MR) is 74.4 cm³/mol. The maximum Gasteiger partial charge on any atom is 0.246 e. The van der Waals surface area contributed by atoms with Gasteiger partial charge in [-0.2, -0.15) is 0 Å². The highest BCUT2D eigenvalue weighted by atomic mass is 16.5. The number of likely N-dealkylation sites (N-methyl/N-ethyl adjacent to an activating group) is 1. The van der Waals surface area contributed by atoms with Gasteiger partial charge in [0.1, 0.15) is 0 Å². The zero-order chi connectivity index (χ0) is 13.8. The van der Waals surface area contributed by atoms with Crippen LogP contribution in [-0.4, -0.2) is 30.1 Å². The van der Waals surface area contributed by atoms with Crippen LogP contribution < -0.4 is 0 Å². The van der Waals surface area contributed by atoms with Gasteiger partial charge in [0.2, 0.25) is 5.91 Å². The molecule has 2 rings (SSSR count). The topological polar surface area (TPSA) is 46.3 Å². The molecule has 0 saturated carbocycles. The Morgan fingerprint density at radius 2 is 1.95 bits per heavy atom. The molecule has 2 aromatic rings. The van der Waals surface area contributed by atoms with Crippen molar-refractivity contribution in [1.82, 2.24) is 10.1 Å². The van der Waals surface area contributed by atoms with E-state index in [1.807, 2.05) is 37.3 Å². The summed E-state index contributed by atoms with van der Waals surface area (Å²) in [4.78, 5) is 13.1. The van der Waals surface area contributed by atoms with Gasteiger partial charge in [0.15, 0.2) is 5.76 Å². The fourth-order valence-electron chi connectivity index (χ4n) is 1.67. The van der Waals surface area contributed by atoms with Crippen molar-refractivity contribution >= 4 is 12.0 Å². The van der Waals surface area contributed by atoms with Gasteiger partial charge in [0, 0.05) is 31.3 Å². The predicted octanol–water partition coefficient (Wildman–Crippen LogP) is 2.75. The average molecular weight is 256 g/mol. The van der Waals surface area contributed by atoms with E-state index in [4.69, 9.17) is 4.52 Å². The van der Waals surface area contributed by atoms with E-state index in [1.54, 1.807) is 20.2 Å². The Bertz CT molecular complexity index is 598. The Balaban J connectivity index is 2.37. The van der Waals surface area contributed by atoms with Gasteiger partial charge >= 0.3 is 0 Å². The molecule has 1 aromatic carbocycles. The lowest BCUT2D eigenvalue weighted by Gasteiger charge is -2.05. The summed E-state index contributed by atoms with van der Waals surface area (Å²) in [5.41, 5.74) is 2.54. The van der Waals surface area contributed by atoms with Gasteiger partial charge in [-0.1, -0.05) is 35.5 Å². The quantitative estimate of drug-likeness (QED) is 0.793. The molecule has 4 heteroatoms. The lowest BCUT2D eigenvalue weighted by molar-refractivity contribution is -0.123. The van der Waals surface area contributed by atoms with E-state index in [0.717, 1.165) is 16.8 Å². The average Bonchev–Trinajstić information content (AvgIpc) is 2.78. The van der Waals surface area contributed by atoms with Crippen molar-refractivity contribution in [3.05, 3.63) is 47.7 Å². The SMILES string of the molecule is Cc1noc(-c2ccccc2)c1/C=C/C(=O)N(C)C. The number of amides is 1. The second kappa shape index (κ2) is 5.52. The van der Waals surface area contributed by atoms with E-state index in [-0.39, 0.29) is 5.91 Å². The Morgan fingerprint density at radius 1 is 1.26 bits per heavy atom. The van der Waals surface area contributed by atoms with Crippen molar-refractivity contribution in [2.45, 2.75) is 6.92 Å². The minimum Gasteiger partial charge on any atom is -0.355 e. The molecule has 98 valence electrons. The van der Waals surface area contributed by atoms with Crippen molar-refractivity contribution in [2.75, 3.05) is 14.1 Å². The number of hydrogen-bond donors (Lipinski definition) is 0. The van der Waals surface area contributed by atoms with Crippen LogP contribution in [-0.2, 0) is 4.79 Å². The van der Waals surface area contributed by atoms with Crippen LogP contribution >= 0.6 is 0 Å². The van der Waals surface area contributed by atoms with Crippen molar-refractivity contribution < 1.29 is 9.32 Å². The van der Waals surface area contributed by atoms with Crippen LogP contribution in [0.15, 0.2) is 40.9 Å². The molecule has 1 aromatic heterocycles. The maximum atomic E-state index is 11.6. The van der Waals surface area contributed by atoms with Crippen LogP contribution in [0.5, 0.6) is 0 Å². The largest absolute Gasteiger partial charge is 0.355 e. The van der Waals surface area contributed by atoms with E-state index in [9.17, 15) is 4.79 Å². The molecule has 0 atom stereocenters. The third-order valence-corrected chi connectivity index (χ3v) is 2.78. The summed E-state index contributed by atoms with van der Waals surface area (Å²) in [5, 5.41) is 3.96. The molecule has 0 aliphatic carbocycles. The van der Waals surface area contributed by atoms with Gasteiger partial charge in [-0.3, -0.25) is 4.79 Å². The second-order valence-electron chi connectivity index (χ2n) is 4.44. The molecule has 1 heterocycles. The van der Waals surface area contributed by atoms with Crippen molar-refractivity contribution in [1.29, 1.82) is 0 Å². The molecule has 0 fully saturated rings. The third kappa shape index (κ3) is 2.91. The van der Waals surface area contributed by atoms with Gasteiger partial charge in [0.05, 0.1) is 5.69 Å². The summed E-state index contributed by atoms with van der Waals surface area (Å²) < 4.78 is 5.35. The van der Waals surface area contributed by atoms with E-state index in [2.05, 4.69) is 5.16 Å². The first-order chi connectivity index (χ1) is 9.09. The van der Waals surface area contributed by atoms with Gasteiger partial charge in [0.25, 0.3) is 0 Å². The van der Waals surface area contributed by atoms with Crippen LogP contribution in [0.25, 0.3) is 17.4 Å². The van der Waals surface area contributed by atoms with Gasteiger partial charge in [-0.05, 0) is 13.0 Å². The minimum absolute atomic E-state index is 0.0698. The molecule has 0 bridgehead atoms. The van der Waals surface area contributed by atoms with Crippen LogP contribution in [0, 0.1) is 6.92 Å². The number of hydrogen-bond acceptors (Lipinski definition) is 3. The summed E-state index contributed by atoms with van der Waals surface area (Å²) in [6.45, 7) is 1.86. The Morgan fingerprint density at radius 3 is 2.58 bits per heavy atom.